The van der Waals surface area contributed by atoms with Crippen LogP contribution in [0.2, 0.25) is 0 Å². The van der Waals surface area contributed by atoms with E-state index in [1.807, 2.05) is 11.1 Å². The first-order valence-electron chi connectivity index (χ1n) is 11.2. The molecule has 4 heterocycles. The van der Waals surface area contributed by atoms with Gasteiger partial charge >= 0.3 is 0 Å². The average Bonchev–Trinajstić information content (AvgIpc) is 3.30. The number of hydrogen-bond acceptors (Lipinski definition) is 7. The highest BCUT2D eigenvalue weighted by Gasteiger charge is 2.40. The van der Waals surface area contributed by atoms with Gasteiger partial charge in [0.2, 0.25) is 5.91 Å². The number of nitriles is 1. The van der Waals surface area contributed by atoms with Gasteiger partial charge in [-0.15, -0.1) is 0 Å². The molecule has 2 aromatic rings. The summed E-state index contributed by atoms with van der Waals surface area (Å²) in [6, 6.07) is 10.9. The van der Waals surface area contributed by atoms with Gasteiger partial charge in [-0.05, 0) is 31.2 Å². The molecule has 0 spiro atoms. The summed E-state index contributed by atoms with van der Waals surface area (Å²) >= 11 is 1.63. The molecule has 3 fully saturated rings. The van der Waals surface area contributed by atoms with Crippen LogP contribution >= 0.6 is 11.3 Å². The van der Waals surface area contributed by atoms with E-state index in [0.717, 1.165) is 36.2 Å². The fourth-order valence-electron chi connectivity index (χ4n) is 5.03. The molecule has 3 saturated heterocycles. The monoisotopic (exact) mass is 436 g/mol. The number of carbonyl (C=O) groups is 1. The molecule has 0 saturated carbocycles. The molecule has 2 atom stereocenters. The lowest BCUT2D eigenvalue weighted by atomic mass is 9.96. The van der Waals surface area contributed by atoms with E-state index in [2.05, 4.69) is 51.3 Å². The second-order valence-electron chi connectivity index (χ2n) is 8.60. The number of carbonyl (C=O) groups excluding carboxylic acids is 1. The number of nitrogens with zero attached hydrogens (tertiary/aromatic N) is 6. The van der Waals surface area contributed by atoms with Gasteiger partial charge < -0.3 is 9.80 Å². The summed E-state index contributed by atoms with van der Waals surface area (Å²) in [5.41, 5.74) is 1.37. The molecule has 5 rings (SSSR count). The zero-order valence-corrected chi connectivity index (χ0v) is 18.5. The summed E-state index contributed by atoms with van der Waals surface area (Å²) in [6.45, 7) is 4.51. The van der Waals surface area contributed by atoms with Gasteiger partial charge in [-0.3, -0.25) is 14.6 Å². The van der Waals surface area contributed by atoms with Crippen LogP contribution in [0, 0.1) is 11.5 Å². The number of benzene rings is 1. The van der Waals surface area contributed by atoms with E-state index < -0.39 is 0 Å². The lowest BCUT2D eigenvalue weighted by molar-refractivity contribution is -0.127. The normalized spacial score (nSPS) is 24.7. The van der Waals surface area contributed by atoms with Gasteiger partial charge in [0, 0.05) is 38.8 Å². The quantitative estimate of drug-likeness (QED) is 0.687. The van der Waals surface area contributed by atoms with Crippen molar-refractivity contribution in [2.45, 2.75) is 37.8 Å². The van der Waals surface area contributed by atoms with E-state index in [-0.39, 0.29) is 11.9 Å². The molecule has 0 bridgehead atoms. The van der Waals surface area contributed by atoms with Crippen LogP contribution < -0.4 is 9.80 Å². The molecule has 2 unspecified atom stereocenters. The molecule has 162 valence electrons. The number of thiazole rings is 1. The number of hydrogen-bond donors (Lipinski definition) is 0. The second kappa shape index (κ2) is 8.85. The number of amides is 1. The van der Waals surface area contributed by atoms with Crippen molar-refractivity contribution in [3.8, 4) is 6.19 Å². The molecule has 3 aliphatic heterocycles. The third kappa shape index (κ3) is 4.12. The van der Waals surface area contributed by atoms with Crippen molar-refractivity contribution in [3.63, 3.8) is 0 Å². The minimum absolute atomic E-state index is 0.0755. The van der Waals surface area contributed by atoms with Gasteiger partial charge in [0.1, 0.15) is 11.0 Å². The lowest BCUT2D eigenvalue weighted by Crippen LogP contribution is -2.64. The van der Waals surface area contributed by atoms with Crippen molar-refractivity contribution in [2.24, 2.45) is 0 Å². The highest BCUT2D eigenvalue weighted by atomic mass is 32.1. The topological polar surface area (TPSA) is 66.7 Å². The molecule has 31 heavy (non-hydrogen) atoms. The van der Waals surface area contributed by atoms with Gasteiger partial charge in [-0.1, -0.05) is 41.7 Å². The Morgan fingerprint density at radius 1 is 1.10 bits per heavy atom. The molecule has 1 aromatic carbocycles. The van der Waals surface area contributed by atoms with Crippen molar-refractivity contribution < 1.29 is 4.79 Å². The number of piperazine rings is 2. The Morgan fingerprint density at radius 3 is 2.77 bits per heavy atom. The zero-order valence-electron chi connectivity index (χ0n) is 17.7. The summed E-state index contributed by atoms with van der Waals surface area (Å²) in [5, 5.41) is 11.2. The third-order valence-corrected chi connectivity index (χ3v) is 7.79. The van der Waals surface area contributed by atoms with Crippen LogP contribution in [-0.4, -0.2) is 72.0 Å². The predicted molar refractivity (Wildman–Crippen MR) is 122 cm³/mol. The zero-order chi connectivity index (χ0) is 21.2. The number of piperidine rings is 1. The molecule has 7 nitrogen and oxygen atoms in total. The van der Waals surface area contributed by atoms with Crippen LogP contribution in [0.4, 0.5) is 10.1 Å². The second-order valence-corrected chi connectivity index (χ2v) is 9.59. The number of anilines is 2. The molecule has 3 aliphatic rings. The first-order valence-corrected chi connectivity index (χ1v) is 12.0. The van der Waals surface area contributed by atoms with E-state index in [9.17, 15) is 10.1 Å². The maximum absolute atomic E-state index is 13.2. The summed E-state index contributed by atoms with van der Waals surface area (Å²) in [5.74, 6) is 0.0755. The van der Waals surface area contributed by atoms with E-state index in [4.69, 9.17) is 0 Å². The summed E-state index contributed by atoms with van der Waals surface area (Å²) in [6.07, 6.45) is 8.83. The van der Waals surface area contributed by atoms with E-state index >= 15 is 0 Å². The van der Waals surface area contributed by atoms with Gasteiger partial charge in [0.05, 0.1) is 12.7 Å². The Kier molecular flexibility index (Phi) is 5.79. The van der Waals surface area contributed by atoms with Crippen molar-refractivity contribution >= 4 is 27.4 Å². The smallest absolute Gasteiger partial charge is 0.248 e. The number of aromatic nitrogens is 1. The SMILES string of the molecule is N#CN1CCN2CCN(c3ncc(N4CCCCC4Cc4ccccc4)s3)C(=O)C2C1. The molecule has 0 radical (unpaired) electrons. The molecule has 1 amide bonds. The molecule has 8 heteroatoms. The highest BCUT2D eigenvalue weighted by molar-refractivity contribution is 7.19. The van der Waals surface area contributed by atoms with Crippen molar-refractivity contribution in [3.05, 3.63) is 42.1 Å². The van der Waals surface area contributed by atoms with E-state index in [1.54, 1.807) is 16.2 Å². The highest BCUT2D eigenvalue weighted by Crippen LogP contribution is 2.36. The minimum Gasteiger partial charge on any atom is -0.359 e. The van der Waals surface area contributed by atoms with Crippen LogP contribution in [0.15, 0.2) is 36.5 Å². The van der Waals surface area contributed by atoms with Crippen molar-refractivity contribution in [1.29, 1.82) is 5.26 Å². The Hall–Kier alpha value is -2.63. The summed E-state index contributed by atoms with van der Waals surface area (Å²) in [4.78, 5) is 26.1. The maximum atomic E-state index is 13.2. The van der Waals surface area contributed by atoms with Crippen LogP contribution in [0.3, 0.4) is 0 Å². The van der Waals surface area contributed by atoms with E-state index in [0.29, 0.717) is 25.7 Å². The Balaban J connectivity index is 1.32. The Labute approximate surface area is 187 Å². The van der Waals surface area contributed by atoms with Crippen LogP contribution in [0.25, 0.3) is 0 Å². The minimum atomic E-state index is -0.240. The first kappa shape index (κ1) is 20.3. The third-order valence-electron chi connectivity index (χ3n) is 6.73. The van der Waals surface area contributed by atoms with Gasteiger partial charge in [-0.2, -0.15) is 5.26 Å². The fourth-order valence-corrected chi connectivity index (χ4v) is 6.07. The number of rotatable bonds is 4. The molecular weight excluding hydrogens is 408 g/mol. The molecule has 0 aliphatic carbocycles. The summed E-state index contributed by atoms with van der Waals surface area (Å²) in [7, 11) is 0. The Bertz CT molecular complexity index is 956. The van der Waals surface area contributed by atoms with E-state index in [1.165, 1.54) is 24.8 Å². The predicted octanol–water partition coefficient (Wildman–Crippen LogP) is 2.56. The fraction of sp³-hybridized carbons (Fsp3) is 0.522. The van der Waals surface area contributed by atoms with Gasteiger partial charge in [0.25, 0.3) is 0 Å². The first-order chi connectivity index (χ1) is 15.2. The van der Waals surface area contributed by atoms with Gasteiger partial charge in [0.15, 0.2) is 11.3 Å². The largest absolute Gasteiger partial charge is 0.359 e. The molecule has 0 N–H and O–H groups in total. The lowest BCUT2D eigenvalue weighted by Gasteiger charge is -2.44. The average molecular weight is 437 g/mol. The van der Waals surface area contributed by atoms with Crippen LogP contribution in [-0.2, 0) is 11.2 Å². The van der Waals surface area contributed by atoms with Crippen LogP contribution in [0.5, 0.6) is 0 Å². The van der Waals surface area contributed by atoms with Crippen molar-refractivity contribution in [2.75, 3.05) is 49.1 Å². The van der Waals surface area contributed by atoms with Gasteiger partial charge in [-0.25, -0.2) is 4.98 Å². The van der Waals surface area contributed by atoms with Crippen molar-refractivity contribution in [1.82, 2.24) is 14.8 Å². The standard InChI is InChI=1S/C23H28N6OS/c24-17-26-10-11-27-12-13-29(22(30)20(27)16-26)23-25-15-21(31-23)28-9-5-4-8-19(28)14-18-6-2-1-3-7-18/h1-3,6-7,15,19-20H,4-5,8-14,16H2. The molecule has 1 aromatic heterocycles. The number of fused-ring (bicyclic) bond motifs is 1. The summed E-state index contributed by atoms with van der Waals surface area (Å²) < 4.78 is 0. The Morgan fingerprint density at radius 2 is 1.94 bits per heavy atom. The molecular formula is C23H28N6OS. The maximum Gasteiger partial charge on any atom is 0.248 e. The van der Waals surface area contributed by atoms with Crippen LogP contribution in [0.1, 0.15) is 24.8 Å².